The van der Waals surface area contributed by atoms with Gasteiger partial charge in [0.2, 0.25) is 0 Å². The van der Waals surface area contributed by atoms with Crippen molar-refractivity contribution in [1.29, 1.82) is 0 Å². The van der Waals surface area contributed by atoms with Crippen LogP contribution in [0.2, 0.25) is 0 Å². The molecule has 0 nitrogen and oxygen atoms in total. The molecule has 0 unspecified atom stereocenters. The topological polar surface area (TPSA) is 0 Å². The summed E-state index contributed by atoms with van der Waals surface area (Å²) in [4.78, 5) is 0. The third kappa shape index (κ3) is 19.1. The van der Waals surface area contributed by atoms with Gasteiger partial charge in [0, 0.05) is 21.7 Å². The number of hydrogen-bond acceptors (Lipinski definition) is 0. The first-order valence-electron chi connectivity index (χ1n) is 1.14. The molecule has 0 aromatic rings. The molecule has 0 N–H and O–H groups in total. The van der Waals surface area contributed by atoms with E-state index in [1.807, 2.05) is 13.8 Å². The van der Waals surface area contributed by atoms with Gasteiger partial charge in [0.1, 0.15) is 0 Å². The molecule has 4 heavy (non-hydrogen) atoms. The highest BCUT2D eigenvalue weighted by molar-refractivity contribution is 6.85. The lowest BCUT2D eigenvalue weighted by Crippen LogP contribution is -0.856. The first-order chi connectivity index (χ1) is 2.00. The van der Waals surface area contributed by atoms with Crippen LogP contribution < -0.4 is 0 Å². The molecule has 0 radical (unpaired) electrons. The maximum atomic E-state index is 4.11. The smallest absolute Gasteiger partial charge is 0 e. The molecule has 0 aromatic heterocycles. The van der Waals surface area contributed by atoms with Gasteiger partial charge in [-0.3, -0.25) is 0 Å². The molecule has 0 atom stereocenters. The molecule has 0 spiro atoms. The minimum atomic E-state index is 2.00. The van der Waals surface area contributed by atoms with Crippen LogP contribution >= 0.6 is 21.7 Å². The minimum absolute atomic E-state index is 2.00. The van der Waals surface area contributed by atoms with Crippen molar-refractivity contribution in [3.63, 3.8) is 0 Å². The third-order valence-electron chi connectivity index (χ3n) is 0. The maximum Gasteiger partial charge on any atom is 0 e. The molecule has 0 heterocycles. The highest BCUT2D eigenvalue weighted by Gasteiger charge is 1.00. The Bertz CT molecular complexity index is 4.00. The lowest BCUT2D eigenvalue weighted by atomic mass is 11.0. The summed E-state index contributed by atoms with van der Waals surface area (Å²) in [6.07, 6.45) is 0. The first-order valence-corrected chi connectivity index (χ1v) is 2.29. The zero-order valence-corrected chi connectivity index (χ0v) is 4.27. The molecule has 0 amide bonds. The van der Waals surface area contributed by atoms with E-state index in [4.69, 9.17) is 0 Å². The summed E-state index contributed by atoms with van der Waals surface area (Å²) in [6.45, 7) is 4.00. The van der Waals surface area contributed by atoms with E-state index < -0.39 is 0 Å². The lowest BCUT2D eigenvalue weighted by Gasteiger charge is -1.07. The Morgan fingerprint density at radius 1 is 1.00 bits per heavy atom. The van der Waals surface area contributed by atoms with Gasteiger partial charge in [-0.05, 0) is 0 Å². The summed E-state index contributed by atoms with van der Waals surface area (Å²) in [5.74, 6) is 0. The molecule has 28 valence electrons. The standard InChI is InChI=1S/C2H6.Cl2/c2*1-2/h1-2H3;. The predicted octanol–water partition coefficient (Wildman–Crippen LogP) is 2.41. The van der Waals surface area contributed by atoms with Crippen molar-refractivity contribution in [3.8, 4) is 0 Å². The van der Waals surface area contributed by atoms with E-state index in [-0.39, 0.29) is 0 Å². The van der Waals surface area contributed by atoms with Gasteiger partial charge < -0.3 is 0 Å². The fourth-order valence-electron chi connectivity index (χ4n) is 0. The summed E-state index contributed by atoms with van der Waals surface area (Å²) < 4.78 is 0. The highest BCUT2D eigenvalue weighted by atomic mass is 36.5. The number of hydrogen-bond donors (Lipinski definition) is 0. The minimum Gasteiger partial charge on any atom is -0.0683 e. The van der Waals surface area contributed by atoms with Gasteiger partial charge in [0.25, 0.3) is 0 Å². The molecule has 0 aliphatic carbocycles. The fraction of sp³-hybridized carbons (Fsp3) is 1.00. The van der Waals surface area contributed by atoms with E-state index in [1.165, 1.54) is 0 Å². The molecule has 2 heteroatoms. The van der Waals surface area contributed by atoms with Crippen LogP contribution in [0.25, 0.3) is 0 Å². The molecule has 0 fully saturated rings. The molecule has 0 saturated carbocycles. The average Bonchev–Trinajstić information content (AvgIpc) is 1.50. The van der Waals surface area contributed by atoms with Crippen molar-refractivity contribution < 1.29 is 0 Å². The van der Waals surface area contributed by atoms with E-state index in [2.05, 4.69) is 21.7 Å². The zero-order chi connectivity index (χ0) is 4.00. The summed E-state index contributed by atoms with van der Waals surface area (Å²) in [6, 6.07) is 0. The zero-order valence-electron chi connectivity index (χ0n) is 2.76. The van der Waals surface area contributed by atoms with Gasteiger partial charge in [0.05, 0.1) is 0 Å². The molecular formula is C2H6Cl2. The summed E-state index contributed by atoms with van der Waals surface area (Å²) in [7, 11) is 8.22. The molecule has 0 aromatic carbocycles. The molecule has 0 saturated heterocycles. The van der Waals surface area contributed by atoms with E-state index >= 15 is 0 Å². The third-order valence-corrected chi connectivity index (χ3v) is 0. The van der Waals surface area contributed by atoms with Crippen LogP contribution in [0.4, 0.5) is 0 Å². The van der Waals surface area contributed by atoms with Crippen molar-refractivity contribution in [1.82, 2.24) is 0 Å². The van der Waals surface area contributed by atoms with Crippen molar-refractivity contribution in [2.75, 3.05) is 0 Å². The number of halogens is 2. The van der Waals surface area contributed by atoms with E-state index in [0.29, 0.717) is 0 Å². The lowest BCUT2D eigenvalue weighted by molar-refractivity contribution is 1.50. The highest BCUT2D eigenvalue weighted by Crippen LogP contribution is 1.69. The van der Waals surface area contributed by atoms with Gasteiger partial charge in [-0.15, -0.1) is 0 Å². The summed E-state index contributed by atoms with van der Waals surface area (Å²) >= 11 is 0. The monoisotopic (exact) mass is 100.0 g/mol. The van der Waals surface area contributed by atoms with Crippen LogP contribution in [0, 0.1) is 0 Å². The Labute approximate surface area is 36.3 Å². The van der Waals surface area contributed by atoms with Gasteiger partial charge in [0.15, 0.2) is 0 Å². The fourth-order valence-corrected chi connectivity index (χ4v) is 0. The predicted molar refractivity (Wildman–Crippen MR) is 23.1 cm³/mol. The van der Waals surface area contributed by atoms with Crippen LogP contribution in [-0.2, 0) is 0 Å². The summed E-state index contributed by atoms with van der Waals surface area (Å²) in [5.41, 5.74) is 0. The van der Waals surface area contributed by atoms with Crippen molar-refractivity contribution in [2.45, 2.75) is 13.8 Å². The van der Waals surface area contributed by atoms with E-state index in [9.17, 15) is 0 Å². The Hall–Kier alpha value is 0.580. The second kappa shape index (κ2) is 70.8. The second-order valence-corrected chi connectivity index (χ2v) is 0. The van der Waals surface area contributed by atoms with Crippen LogP contribution in [0.15, 0.2) is 0 Å². The Balaban J connectivity index is 0. The van der Waals surface area contributed by atoms with Crippen molar-refractivity contribution in [3.05, 3.63) is 0 Å². The SMILES string of the molecule is CC.ClCl. The average molecular weight is 101 g/mol. The van der Waals surface area contributed by atoms with Crippen LogP contribution in [-0.4, -0.2) is 0 Å². The van der Waals surface area contributed by atoms with Crippen molar-refractivity contribution >= 4 is 21.7 Å². The van der Waals surface area contributed by atoms with Gasteiger partial charge in [-0.2, -0.15) is 0 Å². The summed E-state index contributed by atoms with van der Waals surface area (Å²) in [5, 5.41) is 0. The van der Waals surface area contributed by atoms with Crippen LogP contribution in [0.3, 0.4) is 0 Å². The molecule has 0 aliphatic rings. The first kappa shape index (κ1) is 8.82. The molecular weight excluding hydrogens is 94.9 g/mol. The molecule has 0 bridgehead atoms. The molecule has 0 rings (SSSR count). The van der Waals surface area contributed by atoms with E-state index in [0.717, 1.165) is 0 Å². The Morgan fingerprint density at radius 3 is 1.00 bits per heavy atom. The van der Waals surface area contributed by atoms with E-state index in [1.54, 1.807) is 0 Å². The van der Waals surface area contributed by atoms with Crippen LogP contribution in [0.1, 0.15) is 13.8 Å². The Morgan fingerprint density at radius 2 is 1.00 bits per heavy atom. The van der Waals surface area contributed by atoms with Gasteiger partial charge in [-0.25, -0.2) is 0 Å². The normalized spacial score (nSPS) is 3.00. The van der Waals surface area contributed by atoms with Gasteiger partial charge in [-0.1, -0.05) is 13.8 Å². The van der Waals surface area contributed by atoms with Gasteiger partial charge >= 0.3 is 0 Å². The second-order valence-electron chi connectivity index (χ2n) is 0. The largest absolute Gasteiger partial charge is 0.0683 e. The van der Waals surface area contributed by atoms with Crippen LogP contribution in [0.5, 0.6) is 0 Å². The maximum absolute atomic E-state index is 4.11. The van der Waals surface area contributed by atoms with Crippen molar-refractivity contribution in [2.24, 2.45) is 0 Å². The Kier molecular flexibility index (Phi) is 156. The number of rotatable bonds is 0. The molecule has 0 aliphatic heterocycles. The quantitative estimate of drug-likeness (QED) is 0.439.